The average Bonchev–Trinajstić information content (AvgIpc) is 3.35. The molecule has 0 saturated heterocycles. The van der Waals surface area contributed by atoms with Crippen molar-refractivity contribution in [2.24, 2.45) is 11.8 Å². The van der Waals surface area contributed by atoms with Gasteiger partial charge in [-0.3, -0.25) is 9.59 Å². The van der Waals surface area contributed by atoms with E-state index in [0.717, 1.165) is 61.4 Å². The number of hydrogen-bond donors (Lipinski definition) is 4. The van der Waals surface area contributed by atoms with Crippen LogP contribution in [0.25, 0.3) is 0 Å². The molecule has 4 atom stereocenters. The molecule has 18 heteroatoms. The Morgan fingerprint density at radius 3 is 1.07 bits per heavy atom. The average molecular weight is 1030 g/mol. The summed E-state index contributed by atoms with van der Waals surface area (Å²) in [7, 11) is 13.2. The van der Waals surface area contributed by atoms with Crippen LogP contribution in [0.15, 0.2) is 60.7 Å². The number of hydrogen-bond acceptors (Lipinski definition) is 14. The van der Waals surface area contributed by atoms with Gasteiger partial charge in [-0.2, -0.15) is 0 Å². The summed E-state index contributed by atoms with van der Waals surface area (Å²) in [5, 5.41) is 28.8. The Morgan fingerprint density at radius 1 is 0.486 bits per heavy atom. The fourth-order valence-electron chi connectivity index (χ4n) is 9.60. The summed E-state index contributed by atoms with van der Waals surface area (Å²) in [5.41, 5.74) is 6.55. The van der Waals surface area contributed by atoms with E-state index < -0.39 is 11.9 Å². The molecule has 2 heterocycles. The number of carboxylic acid groups (broad SMARTS) is 2. The number of rotatable bonds is 18. The van der Waals surface area contributed by atoms with Gasteiger partial charge in [0.1, 0.15) is 12.1 Å². The summed E-state index contributed by atoms with van der Waals surface area (Å²) < 4.78 is 44.1. The van der Waals surface area contributed by atoms with E-state index in [1.165, 1.54) is 22.3 Å². The molecular weight excluding hydrogens is 953 g/mol. The minimum Gasteiger partial charge on any atom is -0.543 e. The van der Waals surface area contributed by atoms with Crippen molar-refractivity contribution in [3.8, 4) is 46.0 Å². The number of nitrogens with one attached hydrogen (secondary N) is 2. The lowest BCUT2D eigenvalue weighted by atomic mass is 9.80. The van der Waals surface area contributed by atoms with E-state index in [1.54, 1.807) is 56.9 Å². The molecule has 6 rings (SSSR count). The molecule has 18 nitrogen and oxygen atoms in total. The minimum absolute atomic E-state index is 0.0546. The molecule has 4 aromatic rings. The van der Waals surface area contributed by atoms with Crippen LogP contribution in [0.2, 0.25) is 0 Å². The van der Waals surface area contributed by atoms with E-state index in [4.69, 9.17) is 57.7 Å². The number of quaternary nitrogens is 2. The molecule has 6 N–H and O–H groups in total. The fraction of sp³-hybridized carbons (Fsp3) is 0.500. The van der Waals surface area contributed by atoms with E-state index in [2.05, 4.69) is 45.5 Å². The van der Waals surface area contributed by atoms with Crippen molar-refractivity contribution in [2.45, 2.75) is 103 Å². The molecule has 4 aromatic carbocycles. The molecule has 0 fully saturated rings. The third-order valence-corrected chi connectivity index (χ3v) is 12.7. The Bertz CT molecular complexity index is 2360. The molecule has 406 valence electrons. The highest BCUT2D eigenvalue weighted by Gasteiger charge is 2.37. The summed E-state index contributed by atoms with van der Waals surface area (Å²) in [6.07, 6.45) is 4.19. The van der Waals surface area contributed by atoms with E-state index in [1.807, 2.05) is 77.9 Å². The summed E-state index contributed by atoms with van der Waals surface area (Å²) >= 11 is 0. The molecule has 2 aliphatic heterocycles. The number of carboxylic acids is 2. The minimum atomic E-state index is -2.19. The highest BCUT2D eigenvalue weighted by atomic mass is 16.5. The van der Waals surface area contributed by atoms with Crippen LogP contribution >= 0.6 is 0 Å². The van der Waals surface area contributed by atoms with E-state index in [9.17, 15) is 9.59 Å². The maximum absolute atomic E-state index is 13.0. The molecule has 0 spiro atoms. The number of carbonyl (C=O) groups is 4. The first kappa shape index (κ1) is 59.6. The largest absolute Gasteiger partial charge is 0.543 e. The predicted octanol–water partition coefficient (Wildman–Crippen LogP) is 2.58. The Morgan fingerprint density at radius 2 is 0.784 bits per heavy atom. The smallest absolute Gasteiger partial charge is 0.220 e. The molecule has 0 bridgehead atoms. The number of aliphatic carboxylic acids is 2. The van der Waals surface area contributed by atoms with Crippen LogP contribution in [0.3, 0.4) is 0 Å². The fourth-order valence-corrected chi connectivity index (χ4v) is 9.60. The summed E-state index contributed by atoms with van der Waals surface area (Å²) in [4.78, 5) is 43.9. The predicted molar refractivity (Wildman–Crippen MR) is 274 cm³/mol. The Kier molecular flexibility index (Phi) is 22.1. The molecule has 0 radical (unpaired) electrons. The number of fused-ring (bicyclic) bond motifs is 2. The number of ether oxygens (including phenoxy) is 8. The second-order valence-corrected chi connectivity index (χ2v) is 20.3. The lowest BCUT2D eigenvalue weighted by Gasteiger charge is -2.32. The maximum atomic E-state index is 13.0. The first-order chi connectivity index (χ1) is 35.0. The lowest BCUT2D eigenvalue weighted by molar-refractivity contribution is -0.706. The summed E-state index contributed by atoms with van der Waals surface area (Å²) in [6.45, 7) is 14.0. The third kappa shape index (κ3) is 17.1. The monoisotopic (exact) mass is 1030 g/mol. The molecule has 2 amide bonds. The first-order valence-corrected chi connectivity index (χ1v) is 24.6. The zero-order valence-corrected chi connectivity index (χ0v) is 45.6. The van der Waals surface area contributed by atoms with Gasteiger partial charge >= 0.3 is 0 Å². The number of amides is 2. The Hall–Kier alpha value is -6.92. The van der Waals surface area contributed by atoms with Crippen LogP contribution in [-0.4, -0.2) is 105 Å². The molecule has 74 heavy (non-hydrogen) atoms. The van der Waals surface area contributed by atoms with Crippen molar-refractivity contribution in [1.82, 2.24) is 10.6 Å². The topological polar surface area (TPSA) is 246 Å². The molecule has 0 aliphatic carbocycles. The molecule has 0 aromatic heterocycles. The molecule has 2 aliphatic rings. The molecular formula is C56H78N4O14. The van der Waals surface area contributed by atoms with E-state index >= 15 is 0 Å². The quantitative estimate of drug-likeness (QED) is 0.105. The Balaban J connectivity index is 0.000000289. The van der Waals surface area contributed by atoms with Gasteiger partial charge in [0.15, 0.2) is 46.0 Å². The van der Waals surface area contributed by atoms with Crippen molar-refractivity contribution >= 4 is 23.8 Å². The van der Waals surface area contributed by atoms with Gasteiger partial charge < -0.3 is 79.0 Å². The second-order valence-electron chi connectivity index (χ2n) is 20.3. The third-order valence-electron chi connectivity index (χ3n) is 12.7. The summed E-state index contributed by atoms with van der Waals surface area (Å²) in [6, 6.07) is 20.5. The summed E-state index contributed by atoms with van der Waals surface area (Å²) in [5.74, 6) is 1.55. The van der Waals surface area contributed by atoms with Gasteiger partial charge in [0, 0.05) is 59.7 Å². The number of carbonyl (C=O) groups excluding carboxylic acids is 4. The van der Waals surface area contributed by atoms with Crippen LogP contribution in [0, 0.1) is 11.8 Å². The van der Waals surface area contributed by atoms with Gasteiger partial charge in [0.2, 0.25) is 11.8 Å². The van der Waals surface area contributed by atoms with Crippen molar-refractivity contribution in [2.75, 3.05) is 70.0 Å². The van der Waals surface area contributed by atoms with Crippen LogP contribution in [0.1, 0.15) is 99.8 Å². The number of methoxy groups -OCH3 is 8. The second kappa shape index (κ2) is 27.4. The number of benzene rings is 4. The van der Waals surface area contributed by atoms with Crippen molar-refractivity contribution in [1.29, 1.82) is 0 Å². The van der Waals surface area contributed by atoms with Crippen molar-refractivity contribution in [3.63, 3.8) is 0 Å². The van der Waals surface area contributed by atoms with Crippen molar-refractivity contribution < 1.29 is 77.9 Å². The zero-order valence-electron chi connectivity index (χ0n) is 45.6. The van der Waals surface area contributed by atoms with Crippen LogP contribution < -0.4 is 69.4 Å². The standard InChI is InChI=1S/2C27H38N2O5.C2H2O4/c2*1-27(2,3)29-25(30)15-19(12-17-8-9-21(31-4)22(13-17)32-5)26-20-16-24(34-7)23(33-6)14-18(20)10-11-28-26;3-1(4)2(5)6/h2*8-9,13-14,16,19,26,28H,10-12,15H2,1-7H3,(H,29,30);(H,3,4)(H,5,6)/t2*19?,26-;/m11./s1. The van der Waals surface area contributed by atoms with Crippen LogP contribution in [0.4, 0.5) is 0 Å². The van der Waals surface area contributed by atoms with Crippen LogP contribution in [-0.2, 0) is 44.9 Å². The van der Waals surface area contributed by atoms with Gasteiger partial charge in [0.05, 0.1) is 81.9 Å². The van der Waals surface area contributed by atoms with Gasteiger partial charge in [-0.25, -0.2) is 0 Å². The van der Waals surface area contributed by atoms with Crippen LogP contribution in [0.5, 0.6) is 46.0 Å². The van der Waals surface area contributed by atoms with Gasteiger partial charge in [-0.1, -0.05) is 12.1 Å². The maximum Gasteiger partial charge on any atom is 0.220 e. The Labute approximate surface area is 436 Å². The normalized spacial score (nSPS) is 15.5. The SMILES string of the molecule is COc1ccc(CC(CC(=O)NC(C)(C)C)[C@H]2[NH2+]CCc3cc(OC)c(OC)cc32)cc1OC.COc1ccc(CC(CC(=O)NC(C)(C)C)[C@H]2[NH2+]CCc3cc(OC)c(OC)cc32)cc1OC.O=C([O-])C(=O)[O-]. The van der Waals surface area contributed by atoms with Gasteiger partial charge in [-0.05, 0) is 125 Å². The molecule has 0 saturated carbocycles. The van der Waals surface area contributed by atoms with Gasteiger partial charge in [0.25, 0.3) is 0 Å². The molecule has 2 unspecified atom stereocenters. The lowest BCUT2D eigenvalue weighted by Crippen LogP contribution is -2.88. The highest BCUT2D eigenvalue weighted by molar-refractivity contribution is 6.25. The van der Waals surface area contributed by atoms with Gasteiger partial charge in [-0.15, -0.1) is 0 Å². The zero-order chi connectivity index (χ0) is 54.9. The van der Waals surface area contributed by atoms with Crippen molar-refractivity contribution in [3.05, 3.63) is 94.0 Å². The highest BCUT2D eigenvalue weighted by Crippen LogP contribution is 2.40. The number of nitrogens with two attached hydrogens (primary N) is 2. The van der Waals surface area contributed by atoms with E-state index in [0.29, 0.717) is 47.3 Å². The first-order valence-electron chi connectivity index (χ1n) is 24.6. The van der Waals surface area contributed by atoms with E-state index in [-0.39, 0.29) is 46.8 Å².